The zero-order chi connectivity index (χ0) is 32.2. The van der Waals surface area contributed by atoms with Gasteiger partial charge in [0.1, 0.15) is 0 Å². The van der Waals surface area contributed by atoms with Gasteiger partial charge >= 0.3 is 6.03 Å². The minimum Gasteiger partial charge on any atom is -0.325 e. The van der Waals surface area contributed by atoms with Crippen LogP contribution in [-0.4, -0.2) is 28.7 Å². The van der Waals surface area contributed by atoms with Gasteiger partial charge in [-0.25, -0.2) is 9.80 Å². The lowest BCUT2D eigenvalue weighted by Gasteiger charge is -2.27. The number of para-hydroxylation sites is 1. The van der Waals surface area contributed by atoms with Crippen molar-refractivity contribution in [2.75, 3.05) is 10.2 Å². The van der Waals surface area contributed by atoms with Crippen LogP contribution in [0.25, 0.3) is 11.1 Å². The number of nitrogens with one attached hydrogen (secondary N) is 1. The summed E-state index contributed by atoms with van der Waals surface area (Å²) in [6.07, 6.45) is 5.67. The fourth-order valence-electron chi connectivity index (χ4n) is 6.54. The molecule has 1 aliphatic carbocycles. The molecule has 4 aromatic carbocycles. The number of hydrogen-bond acceptors (Lipinski definition) is 4. The minimum atomic E-state index is -0.606. The van der Waals surface area contributed by atoms with E-state index in [2.05, 4.69) is 48.6 Å². The monoisotopic (exact) mass is 613 g/mol. The van der Waals surface area contributed by atoms with E-state index < -0.39 is 6.04 Å². The average Bonchev–Trinajstić information content (AvgIpc) is 3.19. The molecule has 0 spiro atoms. The van der Waals surface area contributed by atoms with Crippen LogP contribution in [0.3, 0.4) is 0 Å². The molecule has 1 atom stereocenters. The van der Waals surface area contributed by atoms with Crippen molar-refractivity contribution < 1.29 is 9.59 Å². The molecule has 1 fully saturated rings. The van der Waals surface area contributed by atoms with E-state index in [1.807, 2.05) is 74.5 Å². The molecule has 236 valence electrons. The number of fused-ring (bicyclic) bond motifs is 1. The van der Waals surface area contributed by atoms with E-state index >= 15 is 0 Å². The Kier molecular flexibility index (Phi) is 9.31. The van der Waals surface area contributed by atoms with Crippen LogP contribution in [0.2, 0.25) is 0 Å². The van der Waals surface area contributed by atoms with Gasteiger partial charge in [0.2, 0.25) is 5.91 Å². The molecule has 7 heteroatoms. The first-order valence-corrected chi connectivity index (χ1v) is 16.4. The second-order valence-electron chi connectivity index (χ2n) is 12.8. The van der Waals surface area contributed by atoms with Crippen molar-refractivity contribution in [3.05, 3.63) is 114 Å². The van der Waals surface area contributed by atoms with Gasteiger partial charge in [-0.3, -0.25) is 9.69 Å². The van der Waals surface area contributed by atoms with E-state index in [1.165, 1.54) is 12.0 Å². The lowest BCUT2D eigenvalue weighted by Crippen LogP contribution is -2.39. The maximum Gasteiger partial charge on any atom is 0.349 e. The number of carbonyl (C=O) groups is 2. The molecule has 3 N–H and O–H groups in total. The average molecular weight is 614 g/mol. The first kappa shape index (κ1) is 31.2. The highest BCUT2D eigenvalue weighted by atomic mass is 16.2. The van der Waals surface area contributed by atoms with Crippen molar-refractivity contribution >= 4 is 34.7 Å². The van der Waals surface area contributed by atoms with Crippen LogP contribution in [0.1, 0.15) is 62.6 Å². The molecule has 1 aliphatic heterocycles. The number of benzene rings is 4. The SMILES string of the molecule is Cc1ccccc1-c1ccccc1CN1N=C(C2CCCCC2)c2ccccc2N(c2ccc(NC(=O)[C@@H](N)C(C)C)cc2)C1=O. The van der Waals surface area contributed by atoms with Gasteiger partial charge in [-0.2, -0.15) is 5.10 Å². The number of nitrogens with two attached hydrogens (primary N) is 1. The van der Waals surface area contributed by atoms with Crippen molar-refractivity contribution in [2.24, 2.45) is 22.7 Å². The molecular weight excluding hydrogens is 570 g/mol. The molecule has 6 rings (SSSR count). The van der Waals surface area contributed by atoms with Crippen LogP contribution < -0.4 is 16.0 Å². The molecule has 3 amide bonds. The summed E-state index contributed by atoms with van der Waals surface area (Å²) in [5.74, 6) is 0.0632. The van der Waals surface area contributed by atoms with Crippen LogP contribution in [0.15, 0.2) is 102 Å². The summed E-state index contributed by atoms with van der Waals surface area (Å²) in [5, 5.41) is 9.79. The van der Waals surface area contributed by atoms with E-state index in [-0.39, 0.29) is 23.8 Å². The van der Waals surface area contributed by atoms with E-state index in [0.29, 0.717) is 17.9 Å². The third-order valence-corrected chi connectivity index (χ3v) is 9.24. The summed E-state index contributed by atoms with van der Waals surface area (Å²) < 4.78 is 0. The molecule has 4 aromatic rings. The second kappa shape index (κ2) is 13.7. The van der Waals surface area contributed by atoms with Crippen molar-refractivity contribution in [3.63, 3.8) is 0 Å². The van der Waals surface area contributed by atoms with Crippen molar-refractivity contribution in [1.29, 1.82) is 0 Å². The minimum absolute atomic E-state index is 0.0192. The number of nitrogens with zero attached hydrogens (tertiary/aromatic N) is 3. The van der Waals surface area contributed by atoms with Crippen LogP contribution in [0.5, 0.6) is 0 Å². The van der Waals surface area contributed by atoms with Gasteiger partial charge in [0.25, 0.3) is 0 Å². The Balaban J connectivity index is 1.42. The van der Waals surface area contributed by atoms with Crippen molar-refractivity contribution in [2.45, 2.75) is 65.5 Å². The fourth-order valence-corrected chi connectivity index (χ4v) is 6.54. The molecule has 1 saturated carbocycles. The number of carbonyl (C=O) groups excluding carboxylic acids is 2. The molecular formula is C39H43N5O2. The third-order valence-electron chi connectivity index (χ3n) is 9.24. The molecule has 0 radical (unpaired) electrons. The standard InChI is InChI=1S/C39H43N5O2/c1-26(2)36(40)38(45)41-30-21-23-31(24-22-30)44-35-20-12-11-19-34(35)37(28-14-5-4-6-15-28)42-43(39(44)46)25-29-16-8-10-18-33(29)32-17-9-7-13-27(32)3/h7-13,16-24,26,28,36H,4-6,14-15,25,40H2,1-3H3,(H,41,45)/t36-/m0/s1. The summed E-state index contributed by atoms with van der Waals surface area (Å²) in [5.41, 5.74) is 14.6. The van der Waals surface area contributed by atoms with E-state index in [1.54, 1.807) is 9.91 Å². The lowest BCUT2D eigenvalue weighted by atomic mass is 9.83. The highest BCUT2D eigenvalue weighted by Gasteiger charge is 2.34. The number of hydrazone groups is 1. The summed E-state index contributed by atoms with van der Waals surface area (Å²) in [4.78, 5) is 29.1. The van der Waals surface area contributed by atoms with Crippen molar-refractivity contribution in [1.82, 2.24) is 5.01 Å². The van der Waals surface area contributed by atoms with Crippen LogP contribution in [0, 0.1) is 18.8 Å². The number of hydrogen-bond donors (Lipinski definition) is 2. The number of anilines is 3. The first-order valence-electron chi connectivity index (χ1n) is 16.4. The normalized spacial score (nSPS) is 16.1. The van der Waals surface area contributed by atoms with E-state index in [9.17, 15) is 9.59 Å². The quantitative estimate of drug-likeness (QED) is 0.208. The first-order chi connectivity index (χ1) is 22.3. The topological polar surface area (TPSA) is 91.0 Å². The van der Waals surface area contributed by atoms with Gasteiger partial charge in [0.05, 0.1) is 29.7 Å². The Morgan fingerprint density at radius 2 is 1.48 bits per heavy atom. The zero-order valence-electron chi connectivity index (χ0n) is 26.9. The summed E-state index contributed by atoms with van der Waals surface area (Å²) in [6, 6.07) is 31.3. The Morgan fingerprint density at radius 1 is 0.848 bits per heavy atom. The largest absolute Gasteiger partial charge is 0.349 e. The van der Waals surface area contributed by atoms with Gasteiger partial charge in [0, 0.05) is 17.2 Å². The molecule has 1 heterocycles. The summed E-state index contributed by atoms with van der Waals surface area (Å²) in [6.45, 7) is 6.28. The van der Waals surface area contributed by atoms with E-state index in [4.69, 9.17) is 10.8 Å². The van der Waals surface area contributed by atoms with Gasteiger partial charge in [-0.15, -0.1) is 0 Å². The Labute approximate surface area is 272 Å². The number of aryl methyl sites for hydroxylation is 1. The van der Waals surface area contributed by atoms with Gasteiger partial charge in [-0.1, -0.05) is 99.8 Å². The highest BCUT2D eigenvalue weighted by Crippen LogP contribution is 2.38. The Bertz CT molecular complexity index is 1740. The number of rotatable bonds is 8. The van der Waals surface area contributed by atoms with E-state index in [0.717, 1.165) is 59.3 Å². The fraction of sp³-hybridized carbons (Fsp3) is 0.308. The number of amides is 3. The molecule has 0 bridgehead atoms. The predicted octanol–water partition coefficient (Wildman–Crippen LogP) is 8.64. The van der Waals surface area contributed by atoms with Crippen LogP contribution in [0.4, 0.5) is 21.9 Å². The molecule has 7 nitrogen and oxygen atoms in total. The maximum atomic E-state index is 14.7. The van der Waals surface area contributed by atoms with Gasteiger partial charge in [-0.05, 0) is 78.3 Å². The smallest absolute Gasteiger partial charge is 0.325 e. The zero-order valence-corrected chi connectivity index (χ0v) is 26.9. The summed E-state index contributed by atoms with van der Waals surface area (Å²) in [7, 11) is 0. The molecule has 0 aromatic heterocycles. The van der Waals surface area contributed by atoms with Gasteiger partial charge in [0.15, 0.2) is 0 Å². The summed E-state index contributed by atoms with van der Waals surface area (Å²) >= 11 is 0. The van der Waals surface area contributed by atoms with Crippen LogP contribution >= 0.6 is 0 Å². The lowest BCUT2D eigenvalue weighted by molar-refractivity contribution is -0.118. The van der Waals surface area contributed by atoms with Gasteiger partial charge < -0.3 is 11.1 Å². The van der Waals surface area contributed by atoms with Crippen LogP contribution in [-0.2, 0) is 11.3 Å². The van der Waals surface area contributed by atoms with Crippen molar-refractivity contribution in [3.8, 4) is 11.1 Å². The molecule has 0 unspecified atom stereocenters. The maximum absolute atomic E-state index is 14.7. The molecule has 2 aliphatic rings. The second-order valence-corrected chi connectivity index (χ2v) is 12.8. The highest BCUT2D eigenvalue weighted by molar-refractivity contribution is 6.14. The Morgan fingerprint density at radius 3 is 2.17 bits per heavy atom. The Hall–Kier alpha value is -4.75. The third kappa shape index (κ3) is 6.46. The molecule has 0 saturated heterocycles. The molecule has 46 heavy (non-hydrogen) atoms. The predicted molar refractivity (Wildman–Crippen MR) is 187 cm³/mol. The number of urea groups is 1.